The third-order valence-electron chi connectivity index (χ3n) is 4.87. The number of halogens is 1. The Morgan fingerprint density at radius 3 is 2.93 bits per heavy atom. The normalized spacial score (nSPS) is 17.3. The lowest BCUT2D eigenvalue weighted by Crippen LogP contribution is -2.35. The number of piperidine rings is 1. The summed E-state index contributed by atoms with van der Waals surface area (Å²) in [6.07, 6.45) is 1.69. The van der Waals surface area contributed by atoms with E-state index in [1.165, 1.54) is 13.2 Å². The molecule has 140 valence electrons. The summed E-state index contributed by atoms with van der Waals surface area (Å²) in [7, 11) is 1.34. The largest absolute Gasteiger partial charge is 0.494 e. The summed E-state index contributed by atoms with van der Waals surface area (Å²) in [4.78, 5) is 17.3. The summed E-state index contributed by atoms with van der Waals surface area (Å²) >= 11 is 0. The van der Waals surface area contributed by atoms with Crippen LogP contribution < -0.4 is 9.64 Å². The Morgan fingerprint density at radius 1 is 1.37 bits per heavy atom. The lowest BCUT2D eigenvalue weighted by molar-refractivity contribution is -0.384. The quantitative estimate of drug-likeness (QED) is 0.503. The molecule has 0 spiro atoms. The Labute approximate surface area is 154 Å². The molecular formula is C19H18FN3O4. The third-order valence-corrected chi connectivity index (χ3v) is 4.87. The monoisotopic (exact) mass is 371 g/mol. The van der Waals surface area contributed by atoms with Gasteiger partial charge in [-0.25, -0.2) is 9.37 Å². The predicted molar refractivity (Wildman–Crippen MR) is 97.8 cm³/mol. The number of fused-ring (bicyclic) bond motifs is 1. The van der Waals surface area contributed by atoms with Crippen LogP contribution in [-0.4, -0.2) is 30.1 Å². The van der Waals surface area contributed by atoms with Crippen LogP contribution in [0.1, 0.15) is 24.7 Å². The minimum atomic E-state index is -0.750. The minimum Gasteiger partial charge on any atom is -0.494 e. The lowest BCUT2D eigenvalue weighted by atomic mass is 9.97. The van der Waals surface area contributed by atoms with Crippen molar-refractivity contribution in [1.82, 2.24) is 4.98 Å². The second kappa shape index (κ2) is 6.86. The van der Waals surface area contributed by atoms with Gasteiger partial charge in [-0.2, -0.15) is 0 Å². The molecule has 2 heterocycles. The van der Waals surface area contributed by atoms with Gasteiger partial charge in [-0.1, -0.05) is 12.1 Å². The van der Waals surface area contributed by atoms with Crippen molar-refractivity contribution in [2.75, 3.05) is 25.1 Å². The average molecular weight is 371 g/mol. The van der Waals surface area contributed by atoms with Gasteiger partial charge in [0.1, 0.15) is 11.2 Å². The average Bonchev–Trinajstić information content (AvgIpc) is 3.12. The zero-order chi connectivity index (χ0) is 19.0. The molecule has 0 radical (unpaired) electrons. The highest BCUT2D eigenvalue weighted by atomic mass is 19.1. The summed E-state index contributed by atoms with van der Waals surface area (Å²) in [6, 6.07) is 9.84. The molecule has 1 aliphatic rings. The fourth-order valence-corrected chi connectivity index (χ4v) is 3.55. The standard InChI is InChI=1S/C19H18FN3O4/c1-26-18-10-15(16(23(24)25)9-13(18)20)22-8-4-5-12(11-22)19-21-14-6-2-3-7-17(14)27-19/h2-3,6-7,9-10,12H,4-5,8,11H2,1H3. The maximum absolute atomic E-state index is 13.9. The SMILES string of the molecule is COc1cc(N2CCCC(c3nc4ccccc4o3)C2)c([N+](=O)[O-])cc1F. The molecule has 4 rings (SSSR count). The number of nitro groups is 1. The van der Waals surface area contributed by atoms with Crippen molar-refractivity contribution in [2.45, 2.75) is 18.8 Å². The number of methoxy groups -OCH3 is 1. The van der Waals surface area contributed by atoms with Gasteiger partial charge in [0.05, 0.1) is 24.0 Å². The number of para-hydroxylation sites is 2. The van der Waals surface area contributed by atoms with Crippen molar-refractivity contribution >= 4 is 22.5 Å². The molecule has 8 heteroatoms. The molecular weight excluding hydrogens is 353 g/mol. The summed E-state index contributed by atoms with van der Waals surface area (Å²) in [6.45, 7) is 1.13. The molecule has 0 amide bonds. The topological polar surface area (TPSA) is 81.6 Å². The molecule has 27 heavy (non-hydrogen) atoms. The predicted octanol–water partition coefficient (Wildman–Crippen LogP) is 4.27. The van der Waals surface area contributed by atoms with E-state index in [2.05, 4.69) is 4.98 Å². The molecule has 0 aliphatic carbocycles. The van der Waals surface area contributed by atoms with Gasteiger partial charge in [0.25, 0.3) is 5.69 Å². The first-order chi connectivity index (χ1) is 13.1. The summed E-state index contributed by atoms with van der Waals surface area (Å²) in [5.41, 5.74) is 1.59. The van der Waals surface area contributed by atoms with Crippen LogP contribution in [0.15, 0.2) is 40.8 Å². The number of oxazole rings is 1. The Balaban J connectivity index is 1.67. The van der Waals surface area contributed by atoms with Gasteiger partial charge >= 0.3 is 0 Å². The van der Waals surface area contributed by atoms with Crippen LogP contribution in [0.3, 0.4) is 0 Å². The highest BCUT2D eigenvalue weighted by Crippen LogP contribution is 2.38. The van der Waals surface area contributed by atoms with Gasteiger partial charge in [0.15, 0.2) is 23.0 Å². The number of hydrogen-bond acceptors (Lipinski definition) is 6. The summed E-state index contributed by atoms with van der Waals surface area (Å²) < 4.78 is 24.8. The van der Waals surface area contributed by atoms with Gasteiger partial charge in [0.2, 0.25) is 0 Å². The van der Waals surface area contributed by atoms with Crippen molar-refractivity contribution in [3.05, 3.63) is 58.2 Å². The van der Waals surface area contributed by atoms with Crippen molar-refractivity contribution in [3.63, 3.8) is 0 Å². The molecule has 2 aromatic carbocycles. The van der Waals surface area contributed by atoms with E-state index in [0.717, 1.165) is 30.0 Å². The third kappa shape index (κ3) is 3.18. The zero-order valence-corrected chi connectivity index (χ0v) is 14.7. The second-order valence-corrected chi connectivity index (χ2v) is 6.54. The Hall–Kier alpha value is -3.16. The highest BCUT2D eigenvalue weighted by molar-refractivity contribution is 5.72. The molecule has 1 unspecified atom stereocenters. The molecule has 0 N–H and O–H groups in total. The van der Waals surface area contributed by atoms with Crippen molar-refractivity contribution < 1.29 is 18.5 Å². The Morgan fingerprint density at radius 2 is 2.19 bits per heavy atom. The molecule has 1 fully saturated rings. The lowest BCUT2D eigenvalue weighted by Gasteiger charge is -2.32. The maximum Gasteiger partial charge on any atom is 0.295 e. The summed E-state index contributed by atoms with van der Waals surface area (Å²) in [5.74, 6) is -0.139. The first kappa shape index (κ1) is 17.3. The number of rotatable bonds is 4. The minimum absolute atomic E-state index is 0.00167. The van der Waals surface area contributed by atoms with E-state index in [9.17, 15) is 14.5 Å². The van der Waals surface area contributed by atoms with E-state index in [1.54, 1.807) is 0 Å². The number of anilines is 1. The Kier molecular flexibility index (Phi) is 4.39. The Bertz CT molecular complexity index is 971. The van der Waals surface area contributed by atoms with E-state index in [1.807, 2.05) is 29.2 Å². The number of ether oxygens (including phenoxy) is 1. The molecule has 1 aromatic heterocycles. The van der Waals surface area contributed by atoms with E-state index in [0.29, 0.717) is 24.7 Å². The number of nitro benzene ring substituents is 1. The zero-order valence-electron chi connectivity index (χ0n) is 14.7. The first-order valence-corrected chi connectivity index (χ1v) is 8.69. The van der Waals surface area contributed by atoms with E-state index < -0.39 is 10.7 Å². The number of benzene rings is 2. The van der Waals surface area contributed by atoms with Crippen molar-refractivity contribution in [1.29, 1.82) is 0 Å². The molecule has 1 saturated heterocycles. The summed E-state index contributed by atoms with van der Waals surface area (Å²) in [5, 5.41) is 11.4. The van der Waals surface area contributed by atoms with Crippen LogP contribution in [0.4, 0.5) is 15.8 Å². The van der Waals surface area contributed by atoms with Crippen molar-refractivity contribution in [2.24, 2.45) is 0 Å². The van der Waals surface area contributed by atoms with Gasteiger partial charge in [-0.05, 0) is 25.0 Å². The second-order valence-electron chi connectivity index (χ2n) is 6.54. The van der Waals surface area contributed by atoms with Crippen LogP contribution >= 0.6 is 0 Å². The van der Waals surface area contributed by atoms with E-state index in [-0.39, 0.29) is 17.4 Å². The number of hydrogen-bond donors (Lipinski definition) is 0. The smallest absolute Gasteiger partial charge is 0.295 e. The number of nitrogens with zero attached hydrogens (tertiary/aromatic N) is 3. The van der Waals surface area contributed by atoms with Gasteiger partial charge in [0, 0.05) is 19.2 Å². The molecule has 1 atom stereocenters. The number of aromatic nitrogens is 1. The van der Waals surface area contributed by atoms with E-state index >= 15 is 0 Å². The molecule has 0 bridgehead atoms. The van der Waals surface area contributed by atoms with Crippen molar-refractivity contribution in [3.8, 4) is 5.75 Å². The fourth-order valence-electron chi connectivity index (χ4n) is 3.55. The first-order valence-electron chi connectivity index (χ1n) is 8.69. The molecule has 1 aliphatic heterocycles. The maximum atomic E-state index is 13.9. The van der Waals surface area contributed by atoms with Gasteiger partial charge in [-0.3, -0.25) is 10.1 Å². The van der Waals surface area contributed by atoms with Gasteiger partial charge < -0.3 is 14.1 Å². The van der Waals surface area contributed by atoms with Crippen LogP contribution in [0, 0.1) is 15.9 Å². The fraction of sp³-hybridized carbons (Fsp3) is 0.316. The van der Waals surface area contributed by atoms with Crippen LogP contribution in [0.25, 0.3) is 11.1 Å². The van der Waals surface area contributed by atoms with Crippen LogP contribution in [-0.2, 0) is 0 Å². The van der Waals surface area contributed by atoms with Crippen LogP contribution in [0.5, 0.6) is 5.75 Å². The van der Waals surface area contributed by atoms with E-state index in [4.69, 9.17) is 9.15 Å². The molecule has 3 aromatic rings. The molecule has 7 nitrogen and oxygen atoms in total. The van der Waals surface area contributed by atoms with Crippen LogP contribution in [0.2, 0.25) is 0 Å². The van der Waals surface area contributed by atoms with Gasteiger partial charge in [-0.15, -0.1) is 0 Å². The molecule has 0 saturated carbocycles. The highest BCUT2D eigenvalue weighted by Gasteiger charge is 2.30.